The van der Waals surface area contributed by atoms with Crippen LogP contribution in [0, 0.1) is 6.92 Å². The fourth-order valence-corrected chi connectivity index (χ4v) is 4.96. The summed E-state index contributed by atoms with van der Waals surface area (Å²) < 4.78 is 44.4. The van der Waals surface area contributed by atoms with Crippen LogP contribution in [0.3, 0.4) is 0 Å². The summed E-state index contributed by atoms with van der Waals surface area (Å²) in [4.78, 5) is 12.9. The molecule has 3 rings (SSSR count). The number of carbonyl (C=O) groups excluding carboxylic acids is 1. The lowest BCUT2D eigenvalue weighted by atomic mass is 10.2. The molecule has 0 radical (unpaired) electrons. The van der Waals surface area contributed by atoms with Crippen molar-refractivity contribution < 1.29 is 27.4 Å². The van der Waals surface area contributed by atoms with E-state index in [9.17, 15) is 13.2 Å². The molecule has 3 aromatic carbocycles. The number of rotatable bonds is 12. The number of aryl methyl sites for hydroxylation is 1. The zero-order valence-corrected chi connectivity index (χ0v) is 22.8. The Kier molecular flexibility index (Phi) is 9.75. The molecule has 0 saturated heterocycles. The topological polar surface area (TPSA) is 107 Å². The molecule has 200 valence electrons. The predicted molar refractivity (Wildman–Crippen MR) is 148 cm³/mol. The quantitative estimate of drug-likeness (QED) is 0.198. The standard InChI is InChI=1S/C27H28ClN3O6S/c1-5-14-37-25-12-8-20(15-26(25)36-4)17-29-30-27(32)18-31(23-16-21(28)9-13-24(23)35-3)38(33,34)22-10-6-19(2)7-11-22/h5-13,15-17H,1,14,18H2,2-4H3,(H,30,32)/b29-17+. The maximum Gasteiger partial charge on any atom is 0.264 e. The molecule has 11 heteroatoms. The summed E-state index contributed by atoms with van der Waals surface area (Å²) >= 11 is 6.16. The second-order valence-electron chi connectivity index (χ2n) is 7.94. The predicted octanol–water partition coefficient (Wildman–Crippen LogP) is 4.58. The molecular weight excluding hydrogens is 530 g/mol. The first kappa shape index (κ1) is 28.5. The van der Waals surface area contributed by atoms with Crippen molar-refractivity contribution in [3.8, 4) is 17.2 Å². The number of hydrogen-bond donors (Lipinski definition) is 1. The van der Waals surface area contributed by atoms with Gasteiger partial charge in [-0.1, -0.05) is 42.0 Å². The average Bonchev–Trinajstić information content (AvgIpc) is 2.91. The third kappa shape index (κ3) is 7.05. The summed E-state index contributed by atoms with van der Waals surface area (Å²) in [6, 6.07) is 15.9. The van der Waals surface area contributed by atoms with Gasteiger partial charge in [0.15, 0.2) is 11.5 Å². The van der Waals surface area contributed by atoms with E-state index < -0.39 is 22.5 Å². The Morgan fingerprint density at radius 2 is 1.71 bits per heavy atom. The number of anilines is 1. The van der Waals surface area contributed by atoms with E-state index in [1.54, 1.807) is 42.5 Å². The third-order valence-electron chi connectivity index (χ3n) is 5.25. The summed E-state index contributed by atoms with van der Waals surface area (Å²) in [5.41, 5.74) is 3.99. The average molecular weight is 558 g/mol. The number of nitrogens with zero attached hydrogens (tertiary/aromatic N) is 2. The molecule has 0 fully saturated rings. The van der Waals surface area contributed by atoms with E-state index in [1.807, 2.05) is 6.92 Å². The zero-order valence-electron chi connectivity index (χ0n) is 21.2. The van der Waals surface area contributed by atoms with Gasteiger partial charge >= 0.3 is 0 Å². The normalized spacial score (nSPS) is 11.2. The second kappa shape index (κ2) is 13.0. The lowest BCUT2D eigenvalue weighted by molar-refractivity contribution is -0.119. The van der Waals surface area contributed by atoms with Crippen molar-refractivity contribution in [3.05, 3.63) is 89.5 Å². The van der Waals surface area contributed by atoms with E-state index in [0.29, 0.717) is 23.7 Å². The van der Waals surface area contributed by atoms with Gasteiger partial charge in [0.2, 0.25) is 0 Å². The summed E-state index contributed by atoms with van der Waals surface area (Å²) in [7, 11) is -1.26. The second-order valence-corrected chi connectivity index (χ2v) is 10.2. The molecule has 0 heterocycles. The van der Waals surface area contributed by atoms with E-state index in [2.05, 4.69) is 17.1 Å². The van der Waals surface area contributed by atoms with Gasteiger partial charge in [0, 0.05) is 5.02 Å². The van der Waals surface area contributed by atoms with E-state index in [-0.39, 0.29) is 21.4 Å². The van der Waals surface area contributed by atoms with Gasteiger partial charge < -0.3 is 14.2 Å². The Bertz CT molecular complexity index is 1430. The first-order chi connectivity index (χ1) is 18.2. The van der Waals surface area contributed by atoms with Gasteiger partial charge in [0.1, 0.15) is 18.9 Å². The van der Waals surface area contributed by atoms with Crippen molar-refractivity contribution in [3.63, 3.8) is 0 Å². The van der Waals surface area contributed by atoms with Crippen molar-refractivity contribution >= 4 is 39.4 Å². The fourth-order valence-electron chi connectivity index (χ4n) is 3.37. The van der Waals surface area contributed by atoms with Crippen molar-refractivity contribution in [1.82, 2.24) is 5.43 Å². The maximum absolute atomic E-state index is 13.6. The number of carbonyl (C=O) groups is 1. The van der Waals surface area contributed by atoms with Crippen molar-refractivity contribution in [2.45, 2.75) is 11.8 Å². The molecule has 0 bridgehead atoms. The molecular formula is C27H28ClN3O6S. The molecule has 0 aliphatic rings. The minimum Gasteiger partial charge on any atom is -0.495 e. The number of hydrogen-bond acceptors (Lipinski definition) is 7. The van der Waals surface area contributed by atoms with Crippen LogP contribution in [0.5, 0.6) is 17.2 Å². The van der Waals surface area contributed by atoms with Gasteiger partial charge in [-0.15, -0.1) is 0 Å². The number of ether oxygens (including phenoxy) is 3. The van der Waals surface area contributed by atoms with Gasteiger partial charge in [-0.05, 0) is 61.0 Å². The van der Waals surface area contributed by atoms with Crippen LogP contribution in [0.25, 0.3) is 0 Å². The number of benzene rings is 3. The van der Waals surface area contributed by atoms with E-state index in [4.69, 9.17) is 25.8 Å². The van der Waals surface area contributed by atoms with Crippen LogP contribution in [0.2, 0.25) is 5.02 Å². The molecule has 3 aromatic rings. The SMILES string of the molecule is C=CCOc1ccc(/C=N/NC(=O)CN(c2cc(Cl)ccc2OC)S(=O)(=O)c2ccc(C)cc2)cc1OC. The fraction of sp³-hybridized carbons (Fsp3) is 0.185. The lowest BCUT2D eigenvalue weighted by Crippen LogP contribution is -2.39. The Labute approximate surface area is 227 Å². The minimum absolute atomic E-state index is 0.00675. The zero-order chi connectivity index (χ0) is 27.7. The van der Waals surface area contributed by atoms with Crippen LogP contribution in [-0.4, -0.2) is 47.9 Å². The molecule has 38 heavy (non-hydrogen) atoms. The number of hydrazone groups is 1. The summed E-state index contributed by atoms with van der Waals surface area (Å²) in [6.07, 6.45) is 3.02. The lowest BCUT2D eigenvalue weighted by Gasteiger charge is -2.25. The van der Waals surface area contributed by atoms with Crippen LogP contribution in [0.15, 0.2) is 83.3 Å². The molecule has 0 aliphatic heterocycles. The highest BCUT2D eigenvalue weighted by molar-refractivity contribution is 7.92. The highest BCUT2D eigenvalue weighted by atomic mass is 35.5. The molecule has 9 nitrogen and oxygen atoms in total. The number of methoxy groups -OCH3 is 2. The van der Waals surface area contributed by atoms with E-state index in [1.165, 1.54) is 44.7 Å². The first-order valence-electron chi connectivity index (χ1n) is 11.4. The Morgan fingerprint density at radius 3 is 2.37 bits per heavy atom. The smallest absolute Gasteiger partial charge is 0.264 e. The summed E-state index contributed by atoms with van der Waals surface area (Å²) in [5, 5.41) is 4.24. The van der Waals surface area contributed by atoms with Crippen molar-refractivity contribution in [2.24, 2.45) is 5.10 Å². The maximum atomic E-state index is 13.6. The van der Waals surface area contributed by atoms with Gasteiger partial charge in [-0.25, -0.2) is 13.8 Å². The first-order valence-corrected chi connectivity index (χ1v) is 13.2. The monoisotopic (exact) mass is 557 g/mol. The van der Waals surface area contributed by atoms with Crippen molar-refractivity contribution in [2.75, 3.05) is 31.7 Å². The Morgan fingerprint density at radius 1 is 1.03 bits per heavy atom. The third-order valence-corrected chi connectivity index (χ3v) is 7.26. The Hall–Kier alpha value is -4.02. The van der Waals surface area contributed by atoms with Crippen molar-refractivity contribution in [1.29, 1.82) is 0 Å². The Balaban J connectivity index is 1.86. The largest absolute Gasteiger partial charge is 0.495 e. The van der Waals surface area contributed by atoms with Crippen LogP contribution in [0.1, 0.15) is 11.1 Å². The molecule has 0 saturated carbocycles. The molecule has 1 N–H and O–H groups in total. The summed E-state index contributed by atoms with van der Waals surface area (Å²) in [5.74, 6) is 0.552. The van der Waals surface area contributed by atoms with E-state index >= 15 is 0 Å². The number of nitrogens with one attached hydrogen (secondary N) is 1. The van der Waals surface area contributed by atoms with Gasteiger partial charge in [-0.3, -0.25) is 9.10 Å². The van der Waals surface area contributed by atoms with Gasteiger partial charge in [0.25, 0.3) is 15.9 Å². The number of amides is 1. The number of halogens is 1. The molecule has 0 unspecified atom stereocenters. The highest BCUT2D eigenvalue weighted by Gasteiger charge is 2.29. The molecule has 0 aliphatic carbocycles. The minimum atomic E-state index is -4.17. The van der Waals surface area contributed by atoms with Crippen LogP contribution in [-0.2, 0) is 14.8 Å². The van der Waals surface area contributed by atoms with Gasteiger partial charge in [-0.2, -0.15) is 5.10 Å². The number of sulfonamides is 1. The van der Waals surface area contributed by atoms with Crippen LogP contribution < -0.4 is 23.9 Å². The summed E-state index contributed by atoms with van der Waals surface area (Å²) in [6.45, 7) is 5.19. The molecule has 1 amide bonds. The highest BCUT2D eigenvalue weighted by Crippen LogP contribution is 2.35. The molecule has 0 atom stereocenters. The van der Waals surface area contributed by atoms with Crippen LogP contribution >= 0.6 is 11.6 Å². The van der Waals surface area contributed by atoms with Gasteiger partial charge in [0.05, 0.1) is 31.0 Å². The van der Waals surface area contributed by atoms with E-state index in [0.717, 1.165) is 9.87 Å². The van der Waals surface area contributed by atoms with Crippen LogP contribution in [0.4, 0.5) is 5.69 Å². The molecule has 0 aromatic heterocycles. The molecule has 0 spiro atoms.